The Labute approximate surface area is 62.7 Å². The van der Waals surface area contributed by atoms with Crippen LogP contribution < -0.4 is 5.73 Å². The Morgan fingerprint density at radius 3 is 2.60 bits per heavy atom. The number of hydrogen-bond donors (Lipinski definition) is 2. The molecule has 1 atom stereocenters. The van der Waals surface area contributed by atoms with Crippen molar-refractivity contribution in [3.8, 4) is 0 Å². The molecule has 0 radical (unpaired) electrons. The average Bonchev–Trinajstić information content (AvgIpc) is 1.89. The first-order valence-electron chi connectivity index (χ1n) is 3.77. The predicted octanol–water partition coefficient (Wildman–Crippen LogP) is 1.40. The van der Waals surface area contributed by atoms with Crippen LogP contribution in [-0.2, 0) is 0 Å². The summed E-state index contributed by atoms with van der Waals surface area (Å²) in [4.78, 5) is 0. The number of rotatable bonds is 5. The molecule has 0 bridgehead atoms. The van der Waals surface area contributed by atoms with Crippen LogP contribution in [0, 0.1) is 0 Å². The molecule has 0 heterocycles. The molecule has 0 aliphatic heterocycles. The predicted molar refractivity (Wildman–Crippen MR) is 43.5 cm³/mol. The highest BCUT2D eigenvalue weighted by molar-refractivity contribution is 4.89. The van der Waals surface area contributed by atoms with E-state index in [9.17, 15) is 5.11 Å². The van der Waals surface area contributed by atoms with Gasteiger partial charge in [0.15, 0.2) is 0 Å². The zero-order chi connectivity index (χ0) is 8.04. The van der Waals surface area contributed by atoms with Crippen LogP contribution in [0.1, 0.15) is 32.6 Å². The number of hydrogen-bond acceptors (Lipinski definition) is 2. The molecule has 2 heteroatoms. The Balaban J connectivity index is 3.37. The molecule has 0 amide bonds. The lowest BCUT2D eigenvalue weighted by atomic mass is 10.1. The van der Waals surface area contributed by atoms with E-state index < -0.39 is 5.72 Å². The Hall–Kier alpha value is -0.340. The number of unbranched alkanes of at least 4 members (excludes halogenated alkanes) is 2. The summed E-state index contributed by atoms with van der Waals surface area (Å²) in [6, 6.07) is 0. The number of aliphatic hydroxyl groups is 1. The lowest BCUT2D eigenvalue weighted by Crippen LogP contribution is -2.36. The normalized spacial score (nSPS) is 16.3. The molecule has 2 nitrogen and oxygen atoms in total. The van der Waals surface area contributed by atoms with Gasteiger partial charge in [-0.25, -0.2) is 0 Å². The zero-order valence-corrected chi connectivity index (χ0v) is 6.64. The maximum absolute atomic E-state index is 9.21. The van der Waals surface area contributed by atoms with Gasteiger partial charge in [0.05, 0.1) is 0 Å². The number of nitrogens with two attached hydrogens (primary N) is 1. The fraction of sp³-hybridized carbons (Fsp3) is 0.750. The van der Waals surface area contributed by atoms with E-state index in [0.29, 0.717) is 6.42 Å². The maximum Gasteiger partial charge on any atom is 0.132 e. The van der Waals surface area contributed by atoms with Crippen molar-refractivity contribution in [1.82, 2.24) is 0 Å². The van der Waals surface area contributed by atoms with Gasteiger partial charge < -0.3 is 10.8 Å². The smallest absolute Gasteiger partial charge is 0.132 e. The highest BCUT2D eigenvalue weighted by Gasteiger charge is 2.13. The zero-order valence-electron chi connectivity index (χ0n) is 6.64. The molecule has 0 fully saturated rings. The van der Waals surface area contributed by atoms with E-state index in [1.807, 2.05) is 0 Å². The Kier molecular flexibility index (Phi) is 4.32. The van der Waals surface area contributed by atoms with Gasteiger partial charge in [-0.15, -0.1) is 0 Å². The van der Waals surface area contributed by atoms with Crippen LogP contribution in [0.25, 0.3) is 0 Å². The van der Waals surface area contributed by atoms with Crippen molar-refractivity contribution in [2.75, 3.05) is 0 Å². The highest BCUT2D eigenvalue weighted by atomic mass is 16.3. The first kappa shape index (κ1) is 9.66. The van der Waals surface area contributed by atoms with E-state index in [1.165, 1.54) is 6.08 Å². The first-order chi connectivity index (χ1) is 4.62. The molecule has 1 unspecified atom stereocenters. The summed E-state index contributed by atoms with van der Waals surface area (Å²) in [6.45, 7) is 5.55. The van der Waals surface area contributed by atoms with Crippen molar-refractivity contribution in [2.45, 2.75) is 38.3 Å². The molecule has 0 aliphatic rings. The van der Waals surface area contributed by atoms with Crippen LogP contribution in [0.5, 0.6) is 0 Å². The molecule has 0 aromatic heterocycles. The average molecular weight is 143 g/mol. The lowest BCUT2D eigenvalue weighted by Gasteiger charge is -2.17. The Morgan fingerprint density at radius 1 is 1.60 bits per heavy atom. The third-order valence-electron chi connectivity index (χ3n) is 1.53. The lowest BCUT2D eigenvalue weighted by molar-refractivity contribution is 0.0861. The minimum Gasteiger partial charge on any atom is -0.372 e. The van der Waals surface area contributed by atoms with Crippen LogP contribution in [0.15, 0.2) is 12.7 Å². The van der Waals surface area contributed by atoms with Crippen molar-refractivity contribution < 1.29 is 5.11 Å². The van der Waals surface area contributed by atoms with Gasteiger partial charge in [0.25, 0.3) is 0 Å². The van der Waals surface area contributed by atoms with Crippen molar-refractivity contribution in [3.63, 3.8) is 0 Å². The molecule has 10 heavy (non-hydrogen) atoms. The first-order valence-corrected chi connectivity index (χ1v) is 3.77. The van der Waals surface area contributed by atoms with Crippen molar-refractivity contribution in [2.24, 2.45) is 5.73 Å². The topological polar surface area (TPSA) is 46.2 Å². The van der Waals surface area contributed by atoms with E-state index >= 15 is 0 Å². The van der Waals surface area contributed by atoms with E-state index in [2.05, 4.69) is 13.5 Å². The summed E-state index contributed by atoms with van der Waals surface area (Å²) in [5, 5.41) is 9.21. The van der Waals surface area contributed by atoms with Crippen molar-refractivity contribution in [3.05, 3.63) is 12.7 Å². The third-order valence-corrected chi connectivity index (χ3v) is 1.53. The summed E-state index contributed by atoms with van der Waals surface area (Å²) < 4.78 is 0. The van der Waals surface area contributed by atoms with Gasteiger partial charge in [-0.2, -0.15) is 0 Å². The van der Waals surface area contributed by atoms with Crippen LogP contribution in [0.2, 0.25) is 0 Å². The van der Waals surface area contributed by atoms with Gasteiger partial charge in [0.1, 0.15) is 5.72 Å². The molecular formula is C8H17NO. The second-order valence-corrected chi connectivity index (χ2v) is 2.65. The van der Waals surface area contributed by atoms with Crippen LogP contribution in [0.3, 0.4) is 0 Å². The minimum absolute atomic E-state index is 0.615. The molecule has 0 saturated heterocycles. The van der Waals surface area contributed by atoms with Crippen molar-refractivity contribution >= 4 is 0 Å². The van der Waals surface area contributed by atoms with Crippen molar-refractivity contribution in [1.29, 1.82) is 0 Å². The SMILES string of the molecule is C=CC(N)(O)CCCCC. The molecule has 0 spiro atoms. The van der Waals surface area contributed by atoms with Gasteiger partial charge in [-0.3, -0.25) is 0 Å². The Bertz CT molecular complexity index is 99.4. The minimum atomic E-state index is -1.14. The summed E-state index contributed by atoms with van der Waals surface area (Å²) in [7, 11) is 0. The molecule has 0 aromatic carbocycles. The van der Waals surface area contributed by atoms with Gasteiger partial charge in [-0.05, 0) is 18.9 Å². The molecule has 0 rings (SSSR count). The molecule has 3 N–H and O–H groups in total. The van der Waals surface area contributed by atoms with E-state index in [4.69, 9.17) is 5.73 Å². The van der Waals surface area contributed by atoms with Crippen LogP contribution in [-0.4, -0.2) is 10.8 Å². The van der Waals surface area contributed by atoms with Crippen LogP contribution >= 0.6 is 0 Å². The van der Waals surface area contributed by atoms with E-state index in [1.54, 1.807) is 0 Å². The second kappa shape index (κ2) is 4.47. The fourth-order valence-electron chi connectivity index (χ4n) is 0.760. The molecule has 60 valence electrons. The quantitative estimate of drug-likeness (QED) is 0.347. The Morgan fingerprint density at radius 2 is 2.20 bits per heavy atom. The molecular weight excluding hydrogens is 126 g/mol. The summed E-state index contributed by atoms with van der Waals surface area (Å²) in [6.07, 6.45) is 5.24. The van der Waals surface area contributed by atoms with E-state index in [-0.39, 0.29) is 0 Å². The van der Waals surface area contributed by atoms with Gasteiger partial charge in [-0.1, -0.05) is 26.3 Å². The fourth-order valence-corrected chi connectivity index (χ4v) is 0.760. The summed E-state index contributed by atoms with van der Waals surface area (Å²) in [5.74, 6) is 0. The second-order valence-electron chi connectivity index (χ2n) is 2.65. The van der Waals surface area contributed by atoms with Crippen LogP contribution in [0.4, 0.5) is 0 Å². The monoisotopic (exact) mass is 143 g/mol. The molecule has 0 aliphatic carbocycles. The maximum atomic E-state index is 9.21. The summed E-state index contributed by atoms with van der Waals surface area (Å²) >= 11 is 0. The molecule has 0 aromatic rings. The van der Waals surface area contributed by atoms with Gasteiger partial charge in [0, 0.05) is 0 Å². The van der Waals surface area contributed by atoms with Gasteiger partial charge in [0.2, 0.25) is 0 Å². The largest absolute Gasteiger partial charge is 0.372 e. The molecule has 0 saturated carbocycles. The standard InChI is InChI=1S/C8H17NO/c1-3-5-6-7-8(9,10)4-2/h4,10H,2-3,5-7,9H2,1H3. The highest BCUT2D eigenvalue weighted by Crippen LogP contribution is 2.09. The van der Waals surface area contributed by atoms with Gasteiger partial charge >= 0.3 is 0 Å². The summed E-state index contributed by atoms with van der Waals surface area (Å²) in [5.41, 5.74) is 4.25. The van der Waals surface area contributed by atoms with E-state index in [0.717, 1.165) is 19.3 Å². The third kappa shape index (κ3) is 4.53.